The van der Waals surface area contributed by atoms with Crippen LogP contribution in [0.5, 0.6) is 0 Å². The number of hydrogen-bond donors (Lipinski definition) is 1. The first kappa shape index (κ1) is 10.3. The summed E-state index contributed by atoms with van der Waals surface area (Å²) in [6.07, 6.45) is 0. The Morgan fingerprint density at radius 2 is 1.94 bits per heavy atom. The summed E-state index contributed by atoms with van der Waals surface area (Å²) in [7, 11) is 0. The predicted molar refractivity (Wildman–Crippen MR) is 72.6 cm³/mol. The molecular formula is C14H11NOS. The molecule has 0 aliphatic rings. The zero-order valence-corrected chi connectivity index (χ0v) is 10.2. The fraction of sp³-hybridized carbons (Fsp3) is 0.0714. The summed E-state index contributed by atoms with van der Waals surface area (Å²) in [5.41, 5.74) is 2.73. The van der Waals surface area contributed by atoms with E-state index in [2.05, 4.69) is 11.1 Å². The second kappa shape index (κ2) is 3.86. The molecule has 2 aromatic heterocycles. The molecule has 3 aromatic rings. The van der Waals surface area contributed by atoms with E-state index in [1.807, 2.05) is 42.6 Å². The lowest BCUT2D eigenvalue weighted by Gasteiger charge is -2.07. The number of pyridine rings is 1. The fourth-order valence-electron chi connectivity index (χ4n) is 2.08. The Hall–Kier alpha value is -1.87. The van der Waals surface area contributed by atoms with Crippen molar-refractivity contribution in [3.8, 4) is 10.4 Å². The molecule has 0 amide bonds. The molecule has 0 saturated heterocycles. The molecule has 1 N–H and O–H groups in total. The normalized spacial score (nSPS) is 10.9. The highest BCUT2D eigenvalue weighted by atomic mass is 32.1. The highest BCUT2D eigenvalue weighted by molar-refractivity contribution is 7.13. The smallest absolute Gasteiger partial charge is 0.251 e. The molecule has 0 fully saturated rings. The second-order valence-electron chi connectivity index (χ2n) is 3.98. The van der Waals surface area contributed by atoms with E-state index >= 15 is 0 Å². The van der Waals surface area contributed by atoms with E-state index in [9.17, 15) is 4.79 Å². The molecule has 0 aliphatic carbocycles. The molecule has 3 rings (SSSR count). The van der Waals surface area contributed by atoms with Crippen LogP contribution in [0.15, 0.2) is 46.6 Å². The van der Waals surface area contributed by atoms with Crippen LogP contribution in [0.2, 0.25) is 0 Å². The largest absolute Gasteiger partial charge is 0.322 e. The van der Waals surface area contributed by atoms with Crippen molar-refractivity contribution in [3.63, 3.8) is 0 Å². The van der Waals surface area contributed by atoms with Crippen molar-refractivity contribution in [2.45, 2.75) is 6.92 Å². The topological polar surface area (TPSA) is 32.9 Å². The molecule has 84 valence electrons. The van der Waals surface area contributed by atoms with Crippen LogP contribution >= 0.6 is 11.3 Å². The molecule has 0 radical (unpaired) electrons. The van der Waals surface area contributed by atoms with Crippen LogP contribution in [0.1, 0.15) is 5.56 Å². The Morgan fingerprint density at radius 1 is 1.12 bits per heavy atom. The highest BCUT2D eigenvalue weighted by Crippen LogP contribution is 2.31. The molecule has 0 aliphatic heterocycles. The SMILES string of the molecule is Cc1c(-c2cccs2)c2ccccc2[nH]c1=O. The Labute approximate surface area is 103 Å². The standard InChI is InChI=1S/C14H11NOS/c1-9-13(12-7-4-8-17-12)10-5-2-3-6-11(10)15-14(9)16/h2-8H,1H3,(H,15,16). The lowest BCUT2D eigenvalue weighted by Crippen LogP contribution is -2.10. The summed E-state index contributed by atoms with van der Waals surface area (Å²) in [4.78, 5) is 16.0. The zero-order valence-electron chi connectivity index (χ0n) is 9.36. The molecule has 0 unspecified atom stereocenters. The number of rotatable bonds is 1. The van der Waals surface area contributed by atoms with E-state index in [1.54, 1.807) is 11.3 Å². The minimum atomic E-state index is -0.00731. The Bertz CT molecular complexity index is 726. The van der Waals surface area contributed by atoms with Crippen molar-refractivity contribution >= 4 is 22.2 Å². The van der Waals surface area contributed by atoms with Crippen molar-refractivity contribution in [1.82, 2.24) is 4.98 Å². The second-order valence-corrected chi connectivity index (χ2v) is 4.92. The number of fused-ring (bicyclic) bond motifs is 1. The van der Waals surface area contributed by atoms with Gasteiger partial charge in [0, 0.05) is 26.9 Å². The van der Waals surface area contributed by atoms with Gasteiger partial charge in [-0.3, -0.25) is 4.79 Å². The molecule has 0 bridgehead atoms. The molecule has 0 atom stereocenters. The van der Waals surface area contributed by atoms with Crippen LogP contribution in [-0.2, 0) is 0 Å². The first-order valence-electron chi connectivity index (χ1n) is 5.43. The molecule has 17 heavy (non-hydrogen) atoms. The molecule has 0 saturated carbocycles. The van der Waals surface area contributed by atoms with Crippen LogP contribution in [0.25, 0.3) is 21.3 Å². The number of aromatic nitrogens is 1. The van der Waals surface area contributed by atoms with Gasteiger partial charge >= 0.3 is 0 Å². The summed E-state index contributed by atoms with van der Waals surface area (Å²) >= 11 is 1.66. The summed E-state index contributed by atoms with van der Waals surface area (Å²) < 4.78 is 0. The average Bonchev–Trinajstić information content (AvgIpc) is 2.84. The van der Waals surface area contributed by atoms with Gasteiger partial charge in [0.1, 0.15) is 0 Å². The Kier molecular flexibility index (Phi) is 2.34. The third-order valence-electron chi connectivity index (χ3n) is 2.93. The lowest BCUT2D eigenvalue weighted by molar-refractivity contribution is 1.24. The van der Waals surface area contributed by atoms with Crippen molar-refractivity contribution in [2.24, 2.45) is 0 Å². The molecule has 0 spiro atoms. The summed E-state index contributed by atoms with van der Waals surface area (Å²) in [6.45, 7) is 1.88. The zero-order chi connectivity index (χ0) is 11.8. The van der Waals surface area contributed by atoms with Gasteiger partial charge in [0.25, 0.3) is 5.56 Å². The summed E-state index contributed by atoms with van der Waals surface area (Å²) in [6, 6.07) is 12.0. The van der Waals surface area contributed by atoms with Gasteiger partial charge in [-0.25, -0.2) is 0 Å². The molecule has 2 nitrogen and oxygen atoms in total. The van der Waals surface area contributed by atoms with E-state index in [-0.39, 0.29) is 5.56 Å². The van der Waals surface area contributed by atoms with Gasteiger partial charge in [-0.05, 0) is 24.4 Å². The maximum atomic E-state index is 11.9. The van der Waals surface area contributed by atoms with E-state index in [1.165, 1.54) is 0 Å². The van der Waals surface area contributed by atoms with Crippen molar-refractivity contribution in [1.29, 1.82) is 0 Å². The number of hydrogen-bond acceptors (Lipinski definition) is 2. The highest BCUT2D eigenvalue weighted by Gasteiger charge is 2.11. The lowest BCUT2D eigenvalue weighted by atomic mass is 10.0. The first-order chi connectivity index (χ1) is 8.27. The maximum absolute atomic E-state index is 11.9. The van der Waals surface area contributed by atoms with Gasteiger partial charge in [0.15, 0.2) is 0 Å². The molecule has 3 heteroatoms. The number of para-hydroxylation sites is 1. The van der Waals surface area contributed by atoms with Gasteiger partial charge in [-0.15, -0.1) is 11.3 Å². The quantitative estimate of drug-likeness (QED) is 0.694. The van der Waals surface area contributed by atoms with E-state index in [4.69, 9.17) is 0 Å². The molecular weight excluding hydrogens is 230 g/mol. The van der Waals surface area contributed by atoms with Crippen molar-refractivity contribution < 1.29 is 0 Å². The van der Waals surface area contributed by atoms with E-state index in [0.29, 0.717) is 0 Å². The third kappa shape index (κ3) is 1.59. The van der Waals surface area contributed by atoms with Gasteiger partial charge in [0.05, 0.1) is 0 Å². The van der Waals surface area contributed by atoms with Crippen LogP contribution in [0.4, 0.5) is 0 Å². The minimum Gasteiger partial charge on any atom is -0.322 e. The van der Waals surface area contributed by atoms with Gasteiger partial charge in [-0.2, -0.15) is 0 Å². The maximum Gasteiger partial charge on any atom is 0.251 e. The number of thiophene rings is 1. The average molecular weight is 241 g/mol. The third-order valence-corrected chi connectivity index (χ3v) is 3.82. The number of benzene rings is 1. The summed E-state index contributed by atoms with van der Waals surface area (Å²) in [5.74, 6) is 0. The Balaban J connectivity index is 2.50. The van der Waals surface area contributed by atoms with Crippen LogP contribution in [0.3, 0.4) is 0 Å². The van der Waals surface area contributed by atoms with E-state index < -0.39 is 0 Å². The minimum absolute atomic E-state index is 0.00731. The van der Waals surface area contributed by atoms with Crippen LogP contribution < -0.4 is 5.56 Å². The first-order valence-corrected chi connectivity index (χ1v) is 6.31. The monoisotopic (exact) mass is 241 g/mol. The van der Waals surface area contributed by atoms with E-state index in [0.717, 1.165) is 26.9 Å². The Morgan fingerprint density at radius 3 is 2.71 bits per heavy atom. The number of nitrogens with one attached hydrogen (secondary N) is 1. The predicted octanol–water partition coefficient (Wildman–Crippen LogP) is 3.57. The van der Waals surface area contributed by atoms with Gasteiger partial charge in [-0.1, -0.05) is 24.3 Å². The fourth-order valence-corrected chi connectivity index (χ4v) is 2.92. The van der Waals surface area contributed by atoms with Crippen LogP contribution in [0, 0.1) is 6.92 Å². The van der Waals surface area contributed by atoms with Crippen LogP contribution in [-0.4, -0.2) is 4.98 Å². The number of aromatic amines is 1. The van der Waals surface area contributed by atoms with Crippen molar-refractivity contribution in [2.75, 3.05) is 0 Å². The molecule has 2 heterocycles. The molecule has 1 aromatic carbocycles. The summed E-state index contributed by atoms with van der Waals surface area (Å²) in [5, 5.41) is 3.14. The number of H-pyrrole nitrogens is 1. The van der Waals surface area contributed by atoms with Gasteiger partial charge < -0.3 is 4.98 Å². The van der Waals surface area contributed by atoms with Crippen molar-refractivity contribution in [3.05, 3.63) is 57.7 Å². The van der Waals surface area contributed by atoms with Gasteiger partial charge in [0.2, 0.25) is 0 Å².